The predicted molar refractivity (Wildman–Crippen MR) is 123 cm³/mol. The Morgan fingerprint density at radius 2 is 1.90 bits per heavy atom. The molecule has 2 unspecified atom stereocenters. The summed E-state index contributed by atoms with van der Waals surface area (Å²) in [5.41, 5.74) is 11.9. The lowest BCUT2D eigenvalue weighted by atomic mass is 9.93. The average molecular weight is 409 g/mol. The lowest BCUT2D eigenvalue weighted by Gasteiger charge is -2.37. The fraction of sp³-hybridized carbons (Fsp3) is 0.208. The number of aromatic amines is 2. The molecule has 3 aromatic heterocycles. The van der Waals surface area contributed by atoms with Gasteiger partial charge in [-0.2, -0.15) is 0 Å². The highest BCUT2D eigenvalue weighted by Gasteiger charge is 2.30. The van der Waals surface area contributed by atoms with E-state index in [-0.39, 0.29) is 12.1 Å². The number of para-hydroxylation sites is 1. The molecule has 0 bridgehead atoms. The summed E-state index contributed by atoms with van der Waals surface area (Å²) in [7, 11) is 0. The minimum Gasteiger partial charge on any atom is -0.346 e. The monoisotopic (exact) mass is 409 g/mol. The van der Waals surface area contributed by atoms with Crippen LogP contribution in [0.2, 0.25) is 0 Å². The van der Waals surface area contributed by atoms with E-state index < -0.39 is 0 Å². The van der Waals surface area contributed by atoms with Crippen LogP contribution in [0.3, 0.4) is 0 Å². The minimum atomic E-state index is -0.131. The van der Waals surface area contributed by atoms with Gasteiger partial charge in [0, 0.05) is 24.2 Å². The summed E-state index contributed by atoms with van der Waals surface area (Å²) < 4.78 is 0. The lowest BCUT2D eigenvalue weighted by Crippen LogP contribution is -2.48. The Bertz CT molecular complexity index is 1350. The molecule has 7 nitrogen and oxygen atoms in total. The number of hydrogen-bond acceptors (Lipinski definition) is 5. The lowest BCUT2D eigenvalue weighted by molar-refractivity contribution is 0.408. The highest BCUT2D eigenvalue weighted by atomic mass is 15.3. The quantitative estimate of drug-likeness (QED) is 0.415. The molecule has 154 valence electrons. The fourth-order valence-corrected chi connectivity index (χ4v) is 4.69. The van der Waals surface area contributed by atoms with Gasteiger partial charge in [0.1, 0.15) is 23.6 Å². The number of imidazole rings is 1. The van der Waals surface area contributed by atoms with E-state index in [1.165, 1.54) is 5.56 Å². The van der Waals surface area contributed by atoms with Crippen LogP contribution < -0.4 is 10.6 Å². The van der Waals surface area contributed by atoms with Crippen molar-refractivity contribution in [1.82, 2.24) is 24.9 Å². The Hall–Kier alpha value is -3.71. The number of nitrogens with one attached hydrogen (secondary N) is 2. The number of fused-ring (bicyclic) bond motifs is 2. The molecule has 4 N–H and O–H groups in total. The predicted octanol–water partition coefficient (Wildman–Crippen LogP) is 4.17. The van der Waals surface area contributed by atoms with Gasteiger partial charge in [0.2, 0.25) is 0 Å². The molecule has 0 radical (unpaired) electrons. The molecular weight excluding hydrogens is 386 g/mol. The zero-order valence-corrected chi connectivity index (χ0v) is 17.0. The van der Waals surface area contributed by atoms with Gasteiger partial charge in [0.25, 0.3) is 0 Å². The molecule has 5 aromatic rings. The Morgan fingerprint density at radius 3 is 2.77 bits per heavy atom. The summed E-state index contributed by atoms with van der Waals surface area (Å²) in [5, 5.41) is 1.01. The number of aromatic nitrogens is 5. The molecule has 0 amide bonds. The van der Waals surface area contributed by atoms with Gasteiger partial charge in [0.05, 0.1) is 22.6 Å². The molecule has 1 aliphatic rings. The van der Waals surface area contributed by atoms with Gasteiger partial charge >= 0.3 is 0 Å². The number of rotatable bonds is 3. The molecule has 31 heavy (non-hydrogen) atoms. The molecule has 0 saturated carbocycles. The summed E-state index contributed by atoms with van der Waals surface area (Å²) in [5.74, 6) is 2.20. The fourth-order valence-electron chi connectivity index (χ4n) is 4.69. The van der Waals surface area contributed by atoms with Crippen LogP contribution in [0.5, 0.6) is 0 Å². The van der Waals surface area contributed by atoms with Crippen LogP contribution in [-0.4, -0.2) is 37.6 Å². The standard InChI is InChI=1S/C24H23N7/c25-20-13-16(10-12-31(20)24-18-9-11-26-23(18)27-14-28-24)22-29-19-8-4-7-17(21(19)30-22)15-5-2-1-3-6-15/h1-9,11,14,16,20H,10,12-13,25H2,(H,29,30)(H,26,27,28). The van der Waals surface area contributed by atoms with Crippen LogP contribution in [0, 0.1) is 0 Å². The van der Waals surface area contributed by atoms with Gasteiger partial charge in [-0.15, -0.1) is 0 Å². The summed E-state index contributed by atoms with van der Waals surface area (Å²) in [4.78, 5) is 22.7. The van der Waals surface area contributed by atoms with E-state index in [1.807, 2.05) is 18.3 Å². The number of nitrogens with zero attached hydrogens (tertiary/aromatic N) is 4. The third-order valence-electron chi connectivity index (χ3n) is 6.25. The second kappa shape index (κ2) is 7.21. The SMILES string of the molecule is NC1CC(c2nc3c(-c4ccccc4)cccc3[nH]2)CCN1c1ncnc2[nH]ccc12. The maximum Gasteiger partial charge on any atom is 0.142 e. The molecule has 0 spiro atoms. The van der Waals surface area contributed by atoms with Crippen molar-refractivity contribution in [3.63, 3.8) is 0 Å². The van der Waals surface area contributed by atoms with Crippen molar-refractivity contribution in [3.8, 4) is 11.1 Å². The maximum absolute atomic E-state index is 6.63. The first-order valence-corrected chi connectivity index (χ1v) is 10.6. The molecule has 6 rings (SSSR count). The summed E-state index contributed by atoms with van der Waals surface area (Å²) in [6.07, 6.45) is 5.13. The van der Waals surface area contributed by atoms with E-state index in [1.54, 1.807) is 6.33 Å². The molecule has 0 aliphatic carbocycles. The maximum atomic E-state index is 6.63. The van der Waals surface area contributed by atoms with E-state index in [0.29, 0.717) is 0 Å². The second-order valence-electron chi connectivity index (χ2n) is 8.11. The summed E-state index contributed by atoms with van der Waals surface area (Å²) >= 11 is 0. The van der Waals surface area contributed by atoms with Crippen LogP contribution >= 0.6 is 0 Å². The number of nitrogens with two attached hydrogens (primary N) is 1. The summed E-state index contributed by atoms with van der Waals surface area (Å²) in [6.45, 7) is 0.825. The van der Waals surface area contributed by atoms with E-state index >= 15 is 0 Å². The molecule has 4 heterocycles. The normalized spacial score (nSPS) is 19.3. The van der Waals surface area contributed by atoms with E-state index in [9.17, 15) is 0 Å². The topological polar surface area (TPSA) is 99.5 Å². The minimum absolute atomic E-state index is 0.131. The Kier molecular flexibility index (Phi) is 4.21. The van der Waals surface area contributed by atoms with Crippen LogP contribution in [-0.2, 0) is 0 Å². The van der Waals surface area contributed by atoms with Gasteiger partial charge in [-0.25, -0.2) is 15.0 Å². The van der Waals surface area contributed by atoms with Crippen molar-refractivity contribution in [2.24, 2.45) is 5.73 Å². The van der Waals surface area contributed by atoms with E-state index in [4.69, 9.17) is 10.7 Å². The van der Waals surface area contributed by atoms with Gasteiger partial charge in [-0.05, 0) is 30.5 Å². The van der Waals surface area contributed by atoms with Crippen LogP contribution in [0.1, 0.15) is 24.6 Å². The molecule has 1 saturated heterocycles. The highest BCUT2D eigenvalue weighted by Crippen LogP contribution is 2.35. The zero-order valence-electron chi connectivity index (χ0n) is 17.0. The van der Waals surface area contributed by atoms with Crippen molar-refractivity contribution >= 4 is 27.9 Å². The van der Waals surface area contributed by atoms with E-state index in [2.05, 4.69) is 67.3 Å². The Balaban J connectivity index is 1.30. The number of H-pyrrole nitrogens is 2. The van der Waals surface area contributed by atoms with E-state index in [0.717, 1.165) is 58.7 Å². The molecule has 1 fully saturated rings. The molecular formula is C24H23N7. The van der Waals surface area contributed by atoms with Crippen molar-refractivity contribution < 1.29 is 0 Å². The van der Waals surface area contributed by atoms with Gasteiger partial charge in [-0.1, -0.05) is 42.5 Å². The number of anilines is 1. The van der Waals surface area contributed by atoms with Crippen molar-refractivity contribution in [2.75, 3.05) is 11.4 Å². The number of piperidine rings is 1. The first kappa shape index (κ1) is 18.1. The summed E-state index contributed by atoms with van der Waals surface area (Å²) in [6, 6.07) is 18.7. The molecule has 1 aliphatic heterocycles. The first-order chi connectivity index (χ1) is 15.3. The number of hydrogen-bond donors (Lipinski definition) is 3. The van der Waals surface area contributed by atoms with Crippen LogP contribution in [0.15, 0.2) is 67.1 Å². The molecule has 2 aromatic carbocycles. The Labute approximate surface area is 179 Å². The van der Waals surface area contributed by atoms with Crippen molar-refractivity contribution in [1.29, 1.82) is 0 Å². The largest absolute Gasteiger partial charge is 0.346 e. The second-order valence-corrected chi connectivity index (χ2v) is 8.11. The molecule has 2 atom stereocenters. The number of benzene rings is 2. The average Bonchev–Trinajstić information content (AvgIpc) is 3.46. The third-order valence-corrected chi connectivity index (χ3v) is 6.25. The van der Waals surface area contributed by atoms with Crippen LogP contribution in [0.4, 0.5) is 5.82 Å². The molecule has 7 heteroatoms. The third kappa shape index (κ3) is 3.05. The van der Waals surface area contributed by atoms with Crippen LogP contribution in [0.25, 0.3) is 33.2 Å². The van der Waals surface area contributed by atoms with Gasteiger partial charge in [0.15, 0.2) is 0 Å². The Morgan fingerprint density at radius 1 is 1.00 bits per heavy atom. The van der Waals surface area contributed by atoms with Gasteiger partial charge < -0.3 is 20.6 Å². The first-order valence-electron chi connectivity index (χ1n) is 10.6. The van der Waals surface area contributed by atoms with Crippen molar-refractivity contribution in [2.45, 2.75) is 24.9 Å². The van der Waals surface area contributed by atoms with Crippen molar-refractivity contribution in [3.05, 3.63) is 72.9 Å². The highest BCUT2D eigenvalue weighted by molar-refractivity contribution is 5.92. The van der Waals surface area contributed by atoms with Gasteiger partial charge in [-0.3, -0.25) is 0 Å². The zero-order chi connectivity index (χ0) is 20.8. The smallest absolute Gasteiger partial charge is 0.142 e.